The van der Waals surface area contributed by atoms with E-state index in [2.05, 4.69) is 20.1 Å². The van der Waals surface area contributed by atoms with E-state index in [1.165, 1.54) is 0 Å². The van der Waals surface area contributed by atoms with Gasteiger partial charge in [0.15, 0.2) is 5.78 Å². The summed E-state index contributed by atoms with van der Waals surface area (Å²) in [6.45, 7) is 11.7. The molecule has 0 aromatic rings. The Kier molecular flexibility index (Phi) is 3.05. The number of allylic oxidation sites excluding steroid dienone is 4. The zero-order valence-electron chi connectivity index (χ0n) is 10.5. The van der Waals surface area contributed by atoms with Crippen molar-refractivity contribution in [2.24, 2.45) is 5.92 Å². The summed E-state index contributed by atoms with van der Waals surface area (Å²) in [6, 6.07) is 0. The topological polar surface area (TPSA) is 26.3 Å². The maximum Gasteiger partial charge on any atom is 0.185 e. The summed E-state index contributed by atoms with van der Waals surface area (Å²) < 4.78 is 5.81. The molecule has 0 saturated heterocycles. The molecule has 2 aliphatic rings. The highest BCUT2D eigenvalue weighted by Crippen LogP contribution is 2.36. The molecule has 2 nitrogen and oxygen atoms in total. The standard InChI is InChI=1S/C15H18O2/c1-9(2)13-8-14(16)12-7-5-6-10(3)15(12)17-11(13)4/h8,10H,1,4-7H2,2-3H3/t10-/m1/s1. The Hall–Kier alpha value is -1.57. The van der Waals surface area contributed by atoms with Crippen molar-refractivity contribution in [2.75, 3.05) is 0 Å². The van der Waals surface area contributed by atoms with Crippen molar-refractivity contribution in [3.8, 4) is 0 Å². The number of rotatable bonds is 1. The predicted octanol–water partition coefficient (Wildman–Crippen LogP) is 3.68. The molecular formula is C15H18O2. The third-order valence-corrected chi connectivity index (χ3v) is 3.38. The summed E-state index contributed by atoms with van der Waals surface area (Å²) in [5.74, 6) is 1.73. The van der Waals surface area contributed by atoms with Crippen molar-refractivity contribution in [3.05, 3.63) is 47.5 Å². The molecule has 17 heavy (non-hydrogen) atoms. The molecule has 0 aromatic heterocycles. The van der Waals surface area contributed by atoms with E-state index in [0.717, 1.165) is 41.7 Å². The van der Waals surface area contributed by atoms with Crippen molar-refractivity contribution in [3.63, 3.8) is 0 Å². The van der Waals surface area contributed by atoms with E-state index < -0.39 is 0 Å². The molecule has 0 bridgehead atoms. The quantitative estimate of drug-likeness (QED) is 0.687. The van der Waals surface area contributed by atoms with Crippen LogP contribution in [0.1, 0.15) is 33.1 Å². The monoisotopic (exact) mass is 230 g/mol. The molecule has 0 radical (unpaired) electrons. The number of ketones is 1. The molecule has 90 valence electrons. The second-order valence-electron chi connectivity index (χ2n) is 4.86. The molecule has 1 atom stereocenters. The Balaban J connectivity index is 2.45. The smallest absolute Gasteiger partial charge is 0.185 e. The lowest BCUT2D eigenvalue weighted by molar-refractivity contribution is -0.111. The molecule has 1 heterocycles. The molecule has 0 fully saturated rings. The lowest BCUT2D eigenvalue weighted by Gasteiger charge is -2.24. The van der Waals surface area contributed by atoms with Gasteiger partial charge in [0.1, 0.15) is 11.5 Å². The minimum absolute atomic E-state index is 0.0585. The molecule has 0 aromatic carbocycles. The van der Waals surface area contributed by atoms with E-state index in [1.54, 1.807) is 6.08 Å². The van der Waals surface area contributed by atoms with E-state index in [1.807, 2.05) is 6.92 Å². The van der Waals surface area contributed by atoms with Gasteiger partial charge >= 0.3 is 0 Å². The van der Waals surface area contributed by atoms with Gasteiger partial charge in [-0.3, -0.25) is 4.79 Å². The zero-order valence-corrected chi connectivity index (χ0v) is 10.5. The van der Waals surface area contributed by atoms with Crippen LogP contribution >= 0.6 is 0 Å². The summed E-state index contributed by atoms with van der Waals surface area (Å²) in [7, 11) is 0. The van der Waals surface area contributed by atoms with Crippen molar-refractivity contribution in [1.29, 1.82) is 0 Å². The Morgan fingerprint density at radius 2 is 2.24 bits per heavy atom. The van der Waals surface area contributed by atoms with Crippen molar-refractivity contribution < 1.29 is 9.53 Å². The minimum Gasteiger partial charge on any atom is -0.461 e. The molecule has 1 aliphatic carbocycles. The van der Waals surface area contributed by atoms with Crippen LogP contribution in [0.2, 0.25) is 0 Å². The highest BCUT2D eigenvalue weighted by molar-refractivity contribution is 6.06. The van der Waals surface area contributed by atoms with Crippen molar-refractivity contribution in [1.82, 2.24) is 0 Å². The molecule has 0 unspecified atom stereocenters. The maximum absolute atomic E-state index is 12.2. The lowest BCUT2D eigenvalue weighted by Crippen LogP contribution is -2.14. The van der Waals surface area contributed by atoms with Gasteiger partial charge in [0.05, 0.1) is 0 Å². The van der Waals surface area contributed by atoms with Crippen LogP contribution in [0.25, 0.3) is 0 Å². The van der Waals surface area contributed by atoms with Gasteiger partial charge < -0.3 is 4.74 Å². The Morgan fingerprint density at radius 1 is 1.53 bits per heavy atom. The SMILES string of the molecule is C=C(C)C1=CC(=O)C2=C(OC1=C)[C@H](C)CCC2. The van der Waals surface area contributed by atoms with E-state index in [9.17, 15) is 4.79 Å². The van der Waals surface area contributed by atoms with Gasteiger partial charge in [-0.2, -0.15) is 0 Å². The third-order valence-electron chi connectivity index (χ3n) is 3.38. The first-order valence-electron chi connectivity index (χ1n) is 6.02. The fraction of sp³-hybridized carbons (Fsp3) is 0.400. The first kappa shape index (κ1) is 11.9. The maximum atomic E-state index is 12.2. The lowest BCUT2D eigenvalue weighted by atomic mass is 9.87. The third kappa shape index (κ3) is 2.12. The van der Waals surface area contributed by atoms with Crippen LogP contribution in [-0.2, 0) is 9.53 Å². The van der Waals surface area contributed by atoms with Crippen molar-refractivity contribution in [2.45, 2.75) is 33.1 Å². The second-order valence-corrected chi connectivity index (χ2v) is 4.86. The molecule has 2 rings (SSSR count). The molecule has 0 saturated carbocycles. The highest BCUT2D eigenvalue weighted by Gasteiger charge is 2.28. The average molecular weight is 230 g/mol. The van der Waals surface area contributed by atoms with Crippen LogP contribution in [0.15, 0.2) is 47.5 Å². The molecular weight excluding hydrogens is 212 g/mol. The Bertz CT molecular complexity index is 463. The molecule has 1 aliphatic heterocycles. The van der Waals surface area contributed by atoms with Gasteiger partial charge in [-0.1, -0.05) is 20.1 Å². The summed E-state index contributed by atoms with van der Waals surface area (Å²) in [6.07, 6.45) is 4.55. The van der Waals surface area contributed by atoms with Gasteiger partial charge in [0.2, 0.25) is 0 Å². The molecule has 0 N–H and O–H groups in total. The predicted molar refractivity (Wildman–Crippen MR) is 68.2 cm³/mol. The highest BCUT2D eigenvalue weighted by atomic mass is 16.5. The number of ether oxygens (including phenoxy) is 1. The van der Waals surface area contributed by atoms with Crippen LogP contribution in [0.5, 0.6) is 0 Å². The van der Waals surface area contributed by atoms with E-state index >= 15 is 0 Å². The zero-order chi connectivity index (χ0) is 12.6. The Morgan fingerprint density at radius 3 is 2.88 bits per heavy atom. The fourth-order valence-electron chi connectivity index (χ4n) is 2.39. The van der Waals surface area contributed by atoms with Gasteiger partial charge in [0, 0.05) is 17.1 Å². The summed E-state index contributed by atoms with van der Waals surface area (Å²) in [5, 5.41) is 0. The summed E-state index contributed by atoms with van der Waals surface area (Å²) >= 11 is 0. The number of carbonyl (C=O) groups excluding carboxylic acids is 1. The molecule has 2 heteroatoms. The van der Waals surface area contributed by atoms with Crippen LogP contribution in [-0.4, -0.2) is 5.78 Å². The number of carbonyl (C=O) groups is 1. The normalized spacial score (nSPS) is 24.8. The largest absolute Gasteiger partial charge is 0.461 e. The first-order chi connectivity index (χ1) is 8.00. The van der Waals surface area contributed by atoms with Gasteiger partial charge in [-0.25, -0.2) is 0 Å². The van der Waals surface area contributed by atoms with E-state index in [0.29, 0.717) is 11.7 Å². The number of hydrogen-bond acceptors (Lipinski definition) is 2. The molecule has 0 spiro atoms. The van der Waals surface area contributed by atoms with Crippen molar-refractivity contribution >= 4 is 5.78 Å². The van der Waals surface area contributed by atoms with E-state index in [-0.39, 0.29) is 5.78 Å². The van der Waals surface area contributed by atoms with Gasteiger partial charge in [0.25, 0.3) is 0 Å². The minimum atomic E-state index is 0.0585. The molecule has 0 amide bonds. The van der Waals surface area contributed by atoms with Crippen LogP contribution in [0.4, 0.5) is 0 Å². The fourth-order valence-corrected chi connectivity index (χ4v) is 2.39. The van der Waals surface area contributed by atoms with Gasteiger partial charge in [-0.15, -0.1) is 0 Å². The van der Waals surface area contributed by atoms with Crippen LogP contribution < -0.4 is 0 Å². The summed E-state index contributed by atoms with van der Waals surface area (Å²) in [5.41, 5.74) is 2.37. The average Bonchev–Trinajstić information content (AvgIpc) is 2.39. The van der Waals surface area contributed by atoms with Crippen LogP contribution in [0, 0.1) is 5.92 Å². The Labute approximate surface area is 102 Å². The van der Waals surface area contributed by atoms with E-state index in [4.69, 9.17) is 4.74 Å². The first-order valence-corrected chi connectivity index (χ1v) is 6.02. The summed E-state index contributed by atoms with van der Waals surface area (Å²) in [4.78, 5) is 12.2. The second kappa shape index (κ2) is 4.36. The number of hydrogen-bond donors (Lipinski definition) is 0. The van der Waals surface area contributed by atoms with Crippen LogP contribution in [0.3, 0.4) is 0 Å². The van der Waals surface area contributed by atoms with Gasteiger partial charge in [-0.05, 0) is 37.8 Å².